The number of nitrogens with one attached hydrogen (secondary N) is 1. The summed E-state index contributed by atoms with van der Waals surface area (Å²) in [5.41, 5.74) is 5.31. The molecule has 1 aliphatic rings. The van der Waals surface area contributed by atoms with Crippen LogP contribution in [0.15, 0.2) is 67.1 Å². The summed E-state index contributed by atoms with van der Waals surface area (Å²) >= 11 is 0. The van der Waals surface area contributed by atoms with Gasteiger partial charge in [-0.25, -0.2) is 0 Å². The molecule has 1 heterocycles. The van der Waals surface area contributed by atoms with E-state index in [-0.39, 0.29) is 0 Å². The SMILES string of the molecule is Cc1ccc(C2=CNC=CN2C=O)c(-c2ccccc2)c1. The quantitative estimate of drug-likeness (QED) is 0.870. The lowest BCUT2D eigenvalue weighted by atomic mass is 9.95. The van der Waals surface area contributed by atoms with Crippen molar-refractivity contribution in [3.63, 3.8) is 0 Å². The first kappa shape index (κ1) is 13.2. The van der Waals surface area contributed by atoms with Crippen LogP contribution in [0.1, 0.15) is 11.1 Å². The zero-order valence-electron chi connectivity index (χ0n) is 11.8. The van der Waals surface area contributed by atoms with E-state index >= 15 is 0 Å². The van der Waals surface area contributed by atoms with E-state index < -0.39 is 0 Å². The summed E-state index contributed by atoms with van der Waals surface area (Å²) in [6.07, 6.45) is 6.11. The van der Waals surface area contributed by atoms with E-state index in [2.05, 4.69) is 42.6 Å². The number of carbonyl (C=O) groups is 1. The maximum absolute atomic E-state index is 11.3. The molecule has 0 bridgehead atoms. The fourth-order valence-corrected chi connectivity index (χ4v) is 2.45. The minimum Gasteiger partial charge on any atom is -0.365 e. The van der Waals surface area contributed by atoms with Crippen molar-refractivity contribution in [2.45, 2.75) is 6.92 Å². The standard InChI is InChI=1S/C18H16N2O/c1-14-7-8-16(18-12-19-9-10-20(18)13-21)17(11-14)15-5-3-2-4-6-15/h2-13,19H,1H3. The molecule has 21 heavy (non-hydrogen) atoms. The topological polar surface area (TPSA) is 32.3 Å². The lowest BCUT2D eigenvalue weighted by molar-refractivity contribution is -0.113. The van der Waals surface area contributed by atoms with Crippen molar-refractivity contribution in [1.82, 2.24) is 10.2 Å². The van der Waals surface area contributed by atoms with Crippen molar-refractivity contribution >= 4 is 12.1 Å². The van der Waals surface area contributed by atoms with Crippen LogP contribution in [-0.2, 0) is 4.79 Å². The summed E-state index contributed by atoms with van der Waals surface area (Å²) in [7, 11) is 0. The molecule has 0 saturated carbocycles. The van der Waals surface area contributed by atoms with Gasteiger partial charge >= 0.3 is 0 Å². The van der Waals surface area contributed by atoms with Crippen molar-refractivity contribution in [2.24, 2.45) is 0 Å². The van der Waals surface area contributed by atoms with Crippen molar-refractivity contribution in [1.29, 1.82) is 0 Å². The Hall–Kier alpha value is -2.81. The molecule has 0 spiro atoms. The molecule has 0 atom stereocenters. The van der Waals surface area contributed by atoms with E-state index in [0.717, 1.165) is 28.8 Å². The monoisotopic (exact) mass is 276 g/mol. The second kappa shape index (κ2) is 5.67. The highest BCUT2D eigenvalue weighted by atomic mass is 16.1. The molecule has 0 saturated heterocycles. The first-order valence-corrected chi connectivity index (χ1v) is 6.82. The first-order valence-electron chi connectivity index (χ1n) is 6.82. The molecule has 0 fully saturated rings. The lowest BCUT2D eigenvalue weighted by Gasteiger charge is -2.23. The van der Waals surface area contributed by atoms with Crippen LogP contribution < -0.4 is 5.32 Å². The maximum atomic E-state index is 11.3. The summed E-state index contributed by atoms with van der Waals surface area (Å²) in [4.78, 5) is 12.8. The van der Waals surface area contributed by atoms with E-state index in [1.54, 1.807) is 17.3 Å². The molecule has 1 N–H and O–H groups in total. The van der Waals surface area contributed by atoms with Crippen LogP contribution >= 0.6 is 0 Å². The molecule has 3 nitrogen and oxygen atoms in total. The predicted octanol–water partition coefficient (Wildman–Crippen LogP) is 3.49. The Morgan fingerprint density at radius 2 is 1.86 bits per heavy atom. The van der Waals surface area contributed by atoms with Gasteiger partial charge in [-0.2, -0.15) is 0 Å². The molecule has 0 unspecified atom stereocenters. The average Bonchev–Trinajstić information content (AvgIpc) is 2.55. The second-order valence-corrected chi connectivity index (χ2v) is 4.94. The number of hydrogen-bond donors (Lipinski definition) is 1. The zero-order chi connectivity index (χ0) is 14.7. The third kappa shape index (κ3) is 2.58. The number of benzene rings is 2. The Bertz CT molecular complexity index is 717. The molecular weight excluding hydrogens is 260 g/mol. The minimum atomic E-state index is 0.817. The summed E-state index contributed by atoms with van der Waals surface area (Å²) in [5.74, 6) is 0. The van der Waals surface area contributed by atoms with Crippen LogP contribution in [0.4, 0.5) is 0 Å². The Morgan fingerprint density at radius 1 is 1.05 bits per heavy atom. The Kier molecular flexibility index (Phi) is 3.56. The molecule has 0 radical (unpaired) electrons. The van der Waals surface area contributed by atoms with E-state index in [1.165, 1.54) is 5.56 Å². The second-order valence-electron chi connectivity index (χ2n) is 4.94. The number of hydrogen-bond acceptors (Lipinski definition) is 2. The Balaban J connectivity index is 2.15. The van der Waals surface area contributed by atoms with Gasteiger partial charge in [0.05, 0.1) is 5.70 Å². The fourth-order valence-electron chi connectivity index (χ4n) is 2.45. The van der Waals surface area contributed by atoms with Gasteiger partial charge in [-0.05, 0) is 18.1 Å². The van der Waals surface area contributed by atoms with Crippen LogP contribution in [0, 0.1) is 6.92 Å². The molecule has 104 valence electrons. The zero-order valence-corrected chi connectivity index (χ0v) is 11.8. The van der Waals surface area contributed by atoms with Gasteiger partial charge < -0.3 is 5.32 Å². The van der Waals surface area contributed by atoms with Gasteiger partial charge in [0, 0.05) is 24.2 Å². The van der Waals surface area contributed by atoms with Gasteiger partial charge in [0.25, 0.3) is 0 Å². The Morgan fingerprint density at radius 3 is 2.62 bits per heavy atom. The van der Waals surface area contributed by atoms with Crippen molar-refractivity contribution in [2.75, 3.05) is 0 Å². The van der Waals surface area contributed by atoms with Crippen LogP contribution in [0.5, 0.6) is 0 Å². The average molecular weight is 276 g/mol. The van der Waals surface area contributed by atoms with Crippen molar-refractivity contribution < 1.29 is 4.79 Å². The van der Waals surface area contributed by atoms with Crippen LogP contribution in [-0.4, -0.2) is 11.3 Å². The highest BCUT2D eigenvalue weighted by Crippen LogP contribution is 2.31. The molecule has 0 aromatic heterocycles. The lowest BCUT2D eigenvalue weighted by Crippen LogP contribution is -2.20. The number of amides is 1. The van der Waals surface area contributed by atoms with Crippen molar-refractivity contribution in [3.05, 3.63) is 78.3 Å². The van der Waals surface area contributed by atoms with E-state index in [0.29, 0.717) is 0 Å². The number of aryl methyl sites for hydroxylation is 1. The molecular formula is C18H16N2O. The summed E-state index contributed by atoms with van der Waals surface area (Å²) in [6, 6.07) is 16.5. The van der Waals surface area contributed by atoms with E-state index in [4.69, 9.17) is 0 Å². The largest absolute Gasteiger partial charge is 0.365 e. The van der Waals surface area contributed by atoms with Crippen molar-refractivity contribution in [3.8, 4) is 11.1 Å². The molecule has 0 aliphatic carbocycles. The van der Waals surface area contributed by atoms with Gasteiger partial charge in [0.2, 0.25) is 6.41 Å². The predicted molar refractivity (Wildman–Crippen MR) is 84.8 cm³/mol. The fraction of sp³-hybridized carbons (Fsp3) is 0.0556. The molecule has 3 heteroatoms. The highest BCUT2D eigenvalue weighted by Gasteiger charge is 2.16. The summed E-state index contributed by atoms with van der Waals surface area (Å²) in [5, 5.41) is 3.05. The molecule has 3 rings (SSSR count). The number of rotatable bonds is 3. The van der Waals surface area contributed by atoms with E-state index in [9.17, 15) is 4.79 Å². The third-order valence-corrected chi connectivity index (χ3v) is 3.48. The van der Waals surface area contributed by atoms with Crippen LogP contribution in [0.2, 0.25) is 0 Å². The Labute approximate surface area is 124 Å². The van der Waals surface area contributed by atoms with Gasteiger partial charge in [-0.1, -0.05) is 54.1 Å². The van der Waals surface area contributed by atoms with Gasteiger partial charge in [0.15, 0.2) is 0 Å². The number of carbonyl (C=O) groups excluding carboxylic acids is 1. The normalized spacial score (nSPS) is 13.6. The van der Waals surface area contributed by atoms with Gasteiger partial charge in [0.1, 0.15) is 0 Å². The van der Waals surface area contributed by atoms with E-state index in [1.807, 2.05) is 24.4 Å². The number of nitrogens with zero attached hydrogens (tertiary/aromatic N) is 1. The summed E-state index contributed by atoms with van der Waals surface area (Å²) < 4.78 is 0. The van der Waals surface area contributed by atoms with Gasteiger partial charge in [-0.15, -0.1) is 0 Å². The third-order valence-electron chi connectivity index (χ3n) is 3.48. The first-order chi connectivity index (χ1) is 10.3. The molecule has 2 aromatic carbocycles. The summed E-state index contributed by atoms with van der Waals surface area (Å²) in [6.45, 7) is 2.07. The maximum Gasteiger partial charge on any atom is 0.218 e. The smallest absolute Gasteiger partial charge is 0.218 e. The minimum absolute atomic E-state index is 0.817. The molecule has 1 amide bonds. The van der Waals surface area contributed by atoms with Crippen LogP contribution in [0.3, 0.4) is 0 Å². The van der Waals surface area contributed by atoms with Gasteiger partial charge in [-0.3, -0.25) is 9.69 Å². The molecule has 2 aromatic rings. The van der Waals surface area contributed by atoms with Crippen LogP contribution in [0.25, 0.3) is 16.8 Å². The highest BCUT2D eigenvalue weighted by molar-refractivity contribution is 5.85. The molecule has 1 aliphatic heterocycles.